The summed E-state index contributed by atoms with van der Waals surface area (Å²) in [7, 11) is 0. The average molecular weight is 337 g/mol. The van der Waals surface area contributed by atoms with Gasteiger partial charge in [0.2, 0.25) is 0 Å². The molecule has 0 amide bonds. The SMILES string of the molecule is CCOC(=O)C(CCC(C)=O)N=C(c1ccccc1)c1ccccc1. The standard InChI is InChI=1S/C21H23NO3/c1-3-25-21(24)19(15-14-16(2)23)22-20(17-10-6-4-7-11-17)18-12-8-5-9-13-18/h4-13,19H,3,14-15H2,1-2H3. The molecule has 4 nitrogen and oxygen atoms in total. The zero-order valence-corrected chi connectivity index (χ0v) is 14.6. The Morgan fingerprint density at radius 2 is 1.48 bits per heavy atom. The Bertz CT molecular complexity index is 682. The van der Waals surface area contributed by atoms with Gasteiger partial charge < -0.3 is 9.53 Å². The smallest absolute Gasteiger partial charge is 0.330 e. The highest BCUT2D eigenvalue weighted by atomic mass is 16.5. The van der Waals surface area contributed by atoms with E-state index in [4.69, 9.17) is 9.73 Å². The van der Waals surface area contributed by atoms with Crippen LogP contribution in [0, 0.1) is 0 Å². The van der Waals surface area contributed by atoms with Gasteiger partial charge in [0, 0.05) is 17.5 Å². The van der Waals surface area contributed by atoms with Crippen LogP contribution in [0.25, 0.3) is 0 Å². The van der Waals surface area contributed by atoms with Gasteiger partial charge in [-0.15, -0.1) is 0 Å². The van der Waals surface area contributed by atoms with Gasteiger partial charge in [-0.05, 0) is 20.3 Å². The third kappa shape index (κ3) is 5.68. The van der Waals surface area contributed by atoms with Crippen molar-refractivity contribution in [2.45, 2.75) is 32.7 Å². The average Bonchev–Trinajstić information content (AvgIpc) is 2.63. The zero-order chi connectivity index (χ0) is 18.1. The van der Waals surface area contributed by atoms with E-state index < -0.39 is 12.0 Å². The summed E-state index contributed by atoms with van der Waals surface area (Å²) in [5.74, 6) is -0.362. The van der Waals surface area contributed by atoms with Crippen molar-refractivity contribution in [2.24, 2.45) is 4.99 Å². The number of nitrogens with zero attached hydrogens (tertiary/aromatic N) is 1. The zero-order valence-electron chi connectivity index (χ0n) is 14.6. The maximum atomic E-state index is 12.3. The van der Waals surface area contributed by atoms with Gasteiger partial charge in [-0.25, -0.2) is 4.79 Å². The molecule has 0 heterocycles. The lowest BCUT2D eigenvalue weighted by molar-refractivity contribution is -0.144. The molecule has 0 fully saturated rings. The number of esters is 1. The number of hydrogen-bond donors (Lipinski definition) is 0. The Morgan fingerprint density at radius 1 is 0.960 bits per heavy atom. The number of ether oxygens (including phenoxy) is 1. The molecule has 0 aliphatic rings. The molecular weight excluding hydrogens is 314 g/mol. The number of benzene rings is 2. The maximum Gasteiger partial charge on any atom is 0.330 e. The first-order valence-electron chi connectivity index (χ1n) is 8.46. The minimum absolute atomic E-state index is 0.0328. The number of aliphatic imine (C=N–C) groups is 1. The molecule has 0 saturated carbocycles. The van der Waals surface area contributed by atoms with Crippen LogP contribution in [0.2, 0.25) is 0 Å². The molecule has 4 heteroatoms. The fraction of sp³-hybridized carbons (Fsp3) is 0.286. The molecule has 1 unspecified atom stereocenters. The van der Waals surface area contributed by atoms with Gasteiger partial charge in [0.1, 0.15) is 11.8 Å². The van der Waals surface area contributed by atoms with Gasteiger partial charge in [0.15, 0.2) is 0 Å². The summed E-state index contributed by atoms with van der Waals surface area (Å²) in [6.07, 6.45) is 0.640. The number of carbonyl (C=O) groups is 2. The van der Waals surface area contributed by atoms with Crippen LogP contribution in [0.1, 0.15) is 37.8 Å². The third-order valence-electron chi connectivity index (χ3n) is 3.71. The molecule has 2 aromatic carbocycles. The summed E-state index contributed by atoms with van der Waals surface area (Å²) < 4.78 is 5.15. The Hall–Kier alpha value is -2.75. The lowest BCUT2D eigenvalue weighted by Gasteiger charge is -2.14. The van der Waals surface area contributed by atoms with Crippen molar-refractivity contribution in [3.05, 3.63) is 71.8 Å². The van der Waals surface area contributed by atoms with Gasteiger partial charge in [-0.1, -0.05) is 60.7 Å². The van der Waals surface area contributed by atoms with Crippen LogP contribution in [0.15, 0.2) is 65.7 Å². The highest BCUT2D eigenvalue weighted by Gasteiger charge is 2.21. The van der Waals surface area contributed by atoms with Crippen molar-refractivity contribution in [1.29, 1.82) is 0 Å². The van der Waals surface area contributed by atoms with E-state index in [0.29, 0.717) is 12.8 Å². The van der Waals surface area contributed by atoms with Crippen LogP contribution in [0.5, 0.6) is 0 Å². The first-order chi connectivity index (χ1) is 12.1. The third-order valence-corrected chi connectivity index (χ3v) is 3.71. The quantitative estimate of drug-likeness (QED) is 0.543. The van der Waals surface area contributed by atoms with Crippen molar-refractivity contribution in [3.8, 4) is 0 Å². The van der Waals surface area contributed by atoms with Crippen molar-refractivity contribution in [2.75, 3.05) is 6.61 Å². The summed E-state index contributed by atoms with van der Waals surface area (Å²) in [5.41, 5.74) is 2.57. The van der Waals surface area contributed by atoms with E-state index in [9.17, 15) is 9.59 Å². The van der Waals surface area contributed by atoms with Crippen molar-refractivity contribution < 1.29 is 14.3 Å². The maximum absolute atomic E-state index is 12.3. The van der Waals surface area contributed by atoms with Crippen LogP contribution in [0.4, 0.5) is 0 Å². The lowest BCUT2D eigenvalue weighted by atomic mass is 10.0. The minimum Gasteiger partial charge on any atom is -0.464 e. The molecule has 2 aromatic rings. The van der Waals surface area contributed by atoms with Crippen molar-refractivity contribution in [3.63, 3.8) is 0 Å². The number of ketones is 1. The second kappa shape index (κ2) is 9.52. The molecule has 130 valence electrons. The van der Waals surface area contributed by atoms with E-state index in [2.05, 4.69) is 0 Å². The number of rotatable bonds is 8. The molecule has 0 radical (unpaired) electrons. The molecular formula is C21H23NO3. The summed E-state index contributed by atoms with van der Waals surface area (Å²) in [6, 6.07) is 18.7. The lowest BCUT2D eigenvalue weighted by Crippen LogP contribution is -2.24. The van der Waals surface area contributed by atoms with Gasteiger partial charge in [0.05, 0.1) is 12.3 Å². The molecule has 0 aliphatic carbocycles. The van der Waals surface area contributed by atoms with E-state index in [1.54, 1.807) is 6.92 Å². The van der Waals surface area contributed by atoms with Crippen LogP contribution in [-0.2, 0) is 14.3 Å². The highest BCUT2D eigenvalue weighted by Crippen LogP contribution is 2.15. The molecule has 0 bridgehead atoms. The van der Waals surface area contributed by atoms with E-state index in [-0.39, 0.29) is 12.4 Å². The van der Waals surface area contributed by atoms with Crippen LogP contribution < -0.4 is 0 Å². The normalized spacial score (nSPS) is 11.4. The van der Waals surface area contributed by atoms with E-state index >= 15 is 0 Å². The van der Waals surface area contributed by atoms with Crippen LogP contribution in [0.3, 0.4) is 0 Å². The first kappa shape index (κ1) is 18.6. The largest absolute Gasteiger partial charge is 0.464 e. The van der Waals surface area contributed by atoms with Gasteiger partial charge in [-0.2, -0.15) is 0 Å². The molecule has 0 aliphatic heterocycles. The van der Waals surface area contributed by atoms with Crippen molar-refractivity contribution >= 4 is 17.5 Å². The van der Waals surface area contributed by atoms with Gasteiger partial charge in [0.25, 0.3) is 0 Å². The Morgan fingerprint density at radius 3 is 1.92 bits per heavy atom. The topological polar surface area (TPSA) is 55.7 Å². The minimum atomic E-state index is -0.695. The molecule has 0 aromatic heterocycles. The number of Topliss-reactive ketones (excluding diaryl/α,β-unsaturated/α-hetero) is 1. The number of hydrogen-bond acceptors (Lipinski definition) is 4. The summed E-state index contributed by atoms with van der Waals surface area (Å²) in [4.78, 5) is 28.4. The molecule has 25 heavy (non-hydrogen) atoms. The van der Waals surface area contributed by atoms with Crippen LogP contribution >= 0.6 is 0 Å². The Balaban J connectivity index is 2.44. The van der Waals surface area contributed by atoms with Crippen LogP contribution in [-0.4, -0.2) is 30.1 Å². The first-order valence-corrected chi connectivity index (χ1v) is 8.46. The molecule has 2 rings (SSSR count). The van der Waals surface area contributed by atoms with E-state index in [1.165, 1.54) is 6.92 Å². The van der Waals surface area contributed by atoms with Gasteiger partial charge in [-0.3, -0.25) is 4.99 Å². The Labute approximate surface area is 148 Å². The fourth-order valence-electron chi connectivity index (χ4n) is 2.48. The molecule has 0 N–H and O–H groups in total. The summed E-state index contributed by atoms with van der Waals surface area (Å²) in [5, 5.41) is 0. The fourth-order valence-corrected chi connectivity index (χ4v) is 2.48. The molecule has 1 atom stereocenters. The summed E-state index contributed by atoms with van der Waals surface area (Å²) in [6.45, 7) is 3.57. The molecule has 0 spiro atoms. The second-order valence-corrected chi connectivity index (χ2v) is 5.72. The highest BCUT2D eigenvalue weighted by molar-refractivity contribution is 6.13. The Kier molecular flexibility index (Phi) is 7.08. The predicted molar refractivity (Wildman–Crippen MR) is 98.9 cm³/mol. The van der Waals surface area contributed by atoms with Crippen molar-refractivity contribution in [1.82, 2.24) is 0 Å². The second-order valence-electron chi connectivity index (χ2n) is 5.72. The number of carbonyl (C=O) groups excluding carboxylic acids is 2. The molecule has 0 saturated heterocycles. The van der Waals surface area contributed by atoms with E-state index in [1.807, 2.05) is 60.7 Å². The predicted octanol–water partition coefficient (Wildman–Crippen LogP) is 3.82. The monoisotopic (exact) mass is 337 g/mol. The van der Waals surface area contributed by atoms with Gasteiger partial charge >= 0.3 is 5.97 Å². The van der Waals surface area contributed by atoms with E-state index in [0.717, 1.165) is 16.8 Å². The summed E-state index contributed by atoms with van der Waals surface area (Å²) >= 11 is 0.